The molecule has 15 heavy (non-hydrogen) atoms. The van der Waals surface area contributed by atoms with Gasteiger partial charge in [-0.05, 0) is 54.9 Å². The Morgan fingerprint density at radius 3 is 3.00 bits per heavy atom. The molecule has 0 radical (unpaired) electrons. The molecule has 2 rings (SSSR count). The van der Waals surface area contributed by atoms with Crippen LogP contribution in [-0.2, 0) is 0 Å². The van der Waals surface area contributed by atoms with Crippen molar-refractivity contribution in [2.45, 2.75) is 20.3 Å². The lowest BCUT2D eigenvalue weighted by Gasteiger charge is -2.14. The van der Waals surface area contributed by atoms with E-state index in [-0.39, 0.29) is 0 Å². The topological polar surface area (TPSA) is 12.0 Å². The van der Waals surface area contributed by atoms with Crippen LogP contribution in [0.25, 0.3) is 0 Å². The van der Waals surface area contributed by atoms with E-state index < -0.39 is 0 Å². The fourth-order valence-electron chi connectivity index (χ4n) is 1.94. The number of rotatable bonds is 3. The van der Waals surface area contributed by atoms with Crippen molar-refractivity contribution in [1.82, 2.24) is 0 Å². The Morgan fingerprint density at radius 2 is 2.27 bits per heavy atom. The van der Waals surface area contributed by atoms with Crippen LogP contribution < -0.4 is 5.32 Å². The Labute approximate surface area is 96.7 Å². The molecule has 1 aliphatic heterocycles. The lowest BCUT2D eigenvalue weighted by atomic mass is 10.1. The molecule has 1 heterocycles. The molecule has 0 saturated carbocycles. The van der Waals surface area contributed by atoms with E-state index in [0.29, 0.717) is 0 Å². The highest BCUT2D eigenvalue weighted by Crippen LogP contribution is 2.25. The molecular formula is C13H19NS. The molecule has 0 amide bonds. The van der Waals surface area contributed by atoms with Gasteiger partial charge in [-0.3, -0.25) is 0 Å². The maximum atomic E-state index is 3.58. The Bertz CT molecular complexity index is 329. The molecule has 1 aromatic rings. The summed E-state index contributed by atoms with van der Waals surface area (Å²) in [4.78, 5) is 0. The summed E-state index contributed by atoms with van der Waals surface area (Å²) in [6, 6.07) is 6.49. The van der Waals surface area contributed by atoms with E-state index in [1.54, 1.807) is 0 Å². The number of hydrogen-bond donors (Lipinski definition) is 1. The fraction of sp³-hybridized carbons (Fsp3) is 0.538. The minimum atomic E-state index is 0.870. The maximum absolute atomic E-state index is 3.58. The third kappa shape index (κ3) is 2.69. The Kier molecular flexibility index (Phi) is 3.57. The van der Waals surface area contributed by atoms with Crippen molar-refractivity contribution >= 4 is 17.4 Å². The van der Waals surface area contributed by atoms with E-state index in [1.807, 2.05) is 0 Å². The molecule has 2 heteroatoms. The van der Waals surface area contributed by atoms with Gasteiger partial charge in [0.15, 0.2) is 0 Å². The second-order valence-corrected chi connectivity index (χ2v) is 5.51. The zero-order valence-corrected chi connectivity index (χ0v) is 10.4. The first-order valence-electron chi connectivity index (χ1n) is 5.65. The van der Waals surface area contributed by atoms with Crippen LogP contribution in [0.2, 0.25) is 0 Å². The molecular weight excluding hydrogens is 202 g/mol. The summed E-state index contributed by atoms with van der Waals surface area (Å²) in [5.74, 6) is 3.55. The number of aryl methyl sites for hydroxylation is 1. The van der Waals surface area contributed by atoms with Crippen LogP contribution in [0, 0.1) is 19.8 Å². The zero-order valence-electron chi connectivity index (χ0n) is 9.55. The smallest absolute Gasteiger partial charge is 0.0372 e. The molecule has 82 valence electrons. The van der Waals surface area contributed by atoms with Crippen LogP contribution in [0.3, 0.4) is 0 Å². The molecule has 0 aliphatic carbocycles. The van der Waals surface area contributed by atoms with E-state index in [4.69, 9.17) is 0 Å². The summed E-state index contributed by atoms with van der Waals surface area (Å²) in [7, 11) is 0. The third-order valence-corrected chi connectivity index (χ3v) is 4.44. The molecule has 1 N–H and O–H groups in total. The molecule has 0 aromatic heterocycles. The van der Waals surface area contributed by atoms with Gasteiger partial charge in [-0.15, -0.1) is 0 Å². The second-order valence-electron chi connectivity index (χ2n) is 4.36. The highest BCUT2D eigenvalue weighted by Gasteiger charge is 2.15. The lowest BCUT2D eigenvalue weighted by Crippen LogP contribution is -2.14. The van der Waals surface area contributed by atoms with Crippen molar-refractivity contribution in [1.29, 1.82) is 0 Å². The monoisotopic (exact) mass is 221 g/mol. The van der Waals surface area contributed by atoms with Crippen LogP contribution >= 0.6 is 11.8 Å². The van der Waals surface area contributed by atoms with Gasteiger partial charge in [-0.2, -0.15) is 11.8 Å². The predicted octanol–water partition coefficient (Wildman–Crippen LogP) is 3.47. The summed E-state index contributed by atoms with van der Waals surface area (Å²) < 4.78 is 0. The van der Waals surface area contributed by atoms with Crippen molar-refractivity contribution in [2.24, 2.45) is 5.92 Å². The van der Waals surface area contributed by atoms with Crippen LogP contribution in [0.15, 0.2) is 18.2 Å². The molecule has 1 aromatic carbocycles. The van der Waals surface area contributed by atoms with Gasteiger partial charge >= 0.3 is 0 Å². The first kappa shape index (κ1) is 10.9. The van der Waals surface area contributed by atoms with Crippen LogP contribution in [-0.4, -0.2) is 18.1 Å². The normalized spacial score (nSPS) is 20.5. The van der Waals surface area contributed by atoms with Gasteiger partial charge in [-0.1, -0.05) is 12.1 Å². The zero-order chi connectivity index (χ0) is 10.7. The third-order valence-electron chi connectivity index (χ3n) is 3.21. The molecule has 1 atom stereocenters. The SMILES string of the molecule is Cc1cccc(NCC2CCSC2)c1C. The van der Waals surface area contributed by atoms with Gasteiger partial charge in [0.05, 0.1) is 0 Å². The molecule has 0 bridgehead atoms. The van der Waals surface area contributed by atoms with Gasteiger partial charge in [0.2, 0.25) is 0 Å². The summed E-state index contributed by atoms with van der Waals surface area (Å²) in [5, 5.41) is 3.58. The standard InChI is InChI=1S/C13H19NS/c1-10-4-3-5-13(11(10)2)14-8-12-6-7-15-9-12/h3-5,12,14H,6-9H2,1-2H3. The number of hydrogen-bond acceptors (Lipinski definition) is 2. The highest BCUT2D eigenvalue weighted by atomic mass is 32.2. The molecule has 1 aliphatic rings. The molecule has 1 nitrogen and oxygen atoms in total. The quantitative estimate of drug-likeness (QED) is 0.839. The second kappa shape index (κ2) is 4.93. The van der Waals surface area contributed by atoms with E-state index in [2.05, 4.69) is 49.1 Å². The van der Waals surface area contributed by atoms with Gasteiger partial charge < -0.3 is 5.32 Å². The molecule has 0 spiro atoms. The van der Waals surface area contributed by atoms with Crippen molar-refractivity contribution in [3.63, 3.8) is 0 Å². The first-order valence-corrected chi connectivity index (χ1v) is 6.80. The Balaban J connectivity index is 1.95. The predicted molar refractivity (Wildman–Crippen MR) is 69.8 cm³/mol. The summed E-state index contributed by atoms with van der Waals surface area (Å²) in [6.45, 7) is 5.50. The molecule has 1 fully saturated rings. The number of benzene rings is 1. The summed E-state index contributed by atoms with van der Waals surface area (Å²) >= 11 is 2.08. The largest absolute Gasteiger partial charge is 0.385 e. The number of nitrogens with one attached hydrogen (secondary N) is 1. The van der Waals surface area contributed by atoms with Crippen LogP contribution in [0.5, 0.6) is 0 Å². The number of anilines is 1. The first-order chi connectivity index (χ1) is 7.27. The van der Waals surface area contributed by atoms with E-state index in [0.717, 1.165) is 12.5 Å². The van der Waals surface area contributed by atoms with Crippen LogP contribution in [0.4, 0.5) is 5.69 Å². The van der Waals surface area contributed by atoms with Gasteiger partial charge in [0.1, 0.15) is 0 Å². The summed E-state index contributed by atoms with van der Waals surface area (Å²) in [6.07, 6.45) is 1.38. The average molecular weight is 221 g/mol. The van der Waals surface area contributed by atoms with Crippen LogP contribution in [0.1, 0.15) is 17.5 Å². The average Bonchev–Trinajstić information content (AvgIpc) is 2.73. The Hall–Kier alpha value is -0.630. The van der Waals surface area contributed by atoms with Crippen molar-refractivity contribution in [3.8, 4) is 0 Å². The minimum Gasteiger partial charge on any atom is -0.385 e. The molecule has 1 unspecified atom stereocenters. The minimum absolute atomic E-state index is 0.870. The van der Waals surface area contributed by atoms with Crippen molar-refractivity contribution in [2.75, 3.05) is 23.4 Å². The molecule has 1 saturated heterocycles. The van der Waals surface area contributed by atoms with E-state index in [9.17, 15) is 0 Å². The van der Waals surface area contributed by atoms with Crippen molar-refractivity contribution < 1.29 is 0 Å². The van der Waals surface area contributed by atoms with Gasteiger partial charge in [0.25, 0.3) is 0 Å². The Morgan fingerprint density at radius 1 is 1.40 bits per heavy atom. The van der Waals surface area contributed by atoms with E-state index in [1.165, 1.54) is 34.7 Å². The van der Waals surface area contributed by atoms with Crippen molar-refractivity contribution in [3.05, 3.63) is 29.3 Å². The van der Waals surface area contributed by atoms with Gasteiger partial charge in [0, 0.05) is 12.2 Å². The highest BCUT2D eigenvalue weighted by molar-refractivity contribution is 7.99. The van der Waals surface area contributed by atoms with Gasteiger partial charge in [-0.25, -0.2) is 0 Å². The lowest BCUT2D eigenvalue weighted by molar-refractivity contribution is 0.631. The number of thioether (sulfide) groups is 1. The fourth-order valence-corrected chi connectivity index (χ4v) is 3.23. The maximum Gasteiger partial charge on any atom is 0.0372 e. The summed E-state index contributed by atoms with van der Waals surface area (Å²) in [5.41, 5.74) is 4.08. The van der Waals surface area contributed by atoms with E-state index >= 15 is 0 Å².